The van der Waals surface area contributed by atoms with Gasteiger partial charge in [-0.15, -0.1) is 5.10 Å². The van der Waals surface area contributed by atoms with Crippen LogP contribution in [-0.2, 0) is 5.41 Å². The molecule has 0 saturated heterocycles. The third kappa shape index (κ3) is 3.36. The lowest BCUT2D eigenvalue weighted by molar-refractivity contribution is 0.590. The molecule has 0 spiro atoms. The summed E-state index contributed by atoms with van der Waals surface area (Å²) in [5.74, 6) is 0.00807. The monoisotopic (exact) mass is 286 g/mol. The van der Waals surface area contributed by atoms with E-state index in [0.29, 0.717) is 10.6 Å². The second-order valence-corrected chi connectivity index (χ2v) is 6.60. The zero-order valence-corrected chi connectivity index (χ0v) is 12.7. The number of rotatable bonds is 3. The van der Waals surface area contributed by atoms with Gasteiger partial charge in [-0.25, -0.2) is 0 Å². The van der Waals surface area contributed by atoms with Gasteiger partial charge in [-0.3, -0.25) is 5.41 Å². The van der Waals surface area contributed by atoms with Crippen LogP contribution in [0.5, 0.6) is 0 Å². The van der Waals surface area contributed by atoms with Gasteiger partial charge in [0.05, 0.1) is 11.8 Å². The average Bonchev–Trinajstić information content (AvgIpc) is 2.38. The van der Waals surface area contributed by atoms with E-state index in [1.165, 1.54) is 17.3 Å². The van der Waals surface area contributed by atoms with Crippen LogP contribution in [0.3, 0.4) is 0 Å². The van der Waals surface area contributed by atoms with Crippen molar-refractivity contribution in [1.29, 1.82) is 5.41 Å². The quantitative estimate of drug-likeness (QED) is 0.671. The van der Waals surface area contributed by atoms with Crippen LogP contribution < -0.4 is 5.73 Å². The van der Waals surface area contributed by atoms with Gasteiger partial charge in [0.1, 0.15) is 10.9 Å². The lowest BCUT2D eigenvalue weighted by atomic mass is 9.87. The predicted octanol–water partition coefficient (Wildman–Crippen LogP) is 3.21. The van der Waals surface area contributed by atoms with Crippen molar-refractivity contribution in [3.05, 3.63) is 47.7 Å². The van der Waals surface area contributed by atoms with E-state index >= 15 is 0 Å². The first-order valence-electron chi connectivity index (χ1n) is 6.32. The van der Waals surface area contributed by atoms with Crippen LogP contribution in [-0.4, -0.2) is 16.0 Å². The van der Waals surface area contributed by atoms with Crippen molar-refractivity contribution in [2.45, 2.75) is 36.1 Å². The summed E-state index contributed by atoms with van der Waals surface area (Å²) < 4.78 is 0. The Morgan fingerprint density at radius 1 is 1.15 bits per heavy atom. The van der Waals surface area contributed by atoms with Gasteiger partial charge in [-0.2, -0.15) is 5.10 Å². The number of nitrogens with zero attached hydrogens (tertiary/aromatic N) is 2. The number of hydrogen-bond acceptors (Lipinski definition) is 4. The van der Waals surface area contributed by atoms with Crippen molar-refractivity contribution >= 4 is 17.6 Å². The minimum atomic E-state index is 0.00807. The number of nitrogen functional groups attached to an aromatic ring is 1. The van der Waals surface area contributed by atoms with Crippen LogP contribution >= 0.6 is 11.8 Å². The van der Waals surface area contributed by atoms with Gasteiger partial charge < -0.3 is 5.73 Å². The first-order valence-corrected chi connectivity index (χ1v) is 7.14. The summed E-state index contributed by atoms with van der Waals surface area (Å²) in [6.45, 7) is 6.56. The van der Waals surface area contributed by atoms with Gasteiger partial charge in [-0.1, -0.05) is 44.7 Å². The molecule has 4 nitrogen and oxygen atoms in total. The van der Waals surface area contributed by atoms with Crippen molar-refractivity contribution in [3.63, 3.8) is 0 Å². The smallest absolute Gasteiger partial charge is 0.134 e. The lowest BCUT2D eigenvalue weighted by Crippen LogP contribution is -2.13. The fraction of sp³-hybridized carbons (Fsp3) is 0.267. The maximum atomic E-state index is 7.55. The Hall–Kier alpha value is -1.88. The number of nitrogens with two attached hydrogens (primary N) is 1. The fourth-order valence-corrected chi connectivity index (χ4v) is 2.61. The Morgan fingerprint density at radius 2 is 1.80 bits per heavy atom. The normalized spacial score (nSPS) is 11.3. The summed E-state index contributed by atoms with van der Waals surface area (Å²) in [6.07, 6.45) is 1.55. The van der Waals surface area contributed by atoms with E-state index in [1.54, 1.807) is 12.3 Å². The molecule has 0 amide bonds. The highest BCUT2D eigenvalue weighted by Crippen LogP contribution is 2.30. The van der Waals surface area contributed by atoms with E-state index in [2.05, 4.69) is 55.2 Å². The van der Waals surface area contributed by atoms with Crippen molar-refractivity contribution in [3.8, 4) is 0 Å². The zero-order chi connectivity index (χ0) is 14.8. The summed E-state index contributed by atoms with van der Waals surface area (Å²) in [5.41, 5.74) is 7.59. The van der Waals surface area contributed by atoms with Crippen molar-refractivity contribution in [2.75, 3.05) is 0 Å². The first kappa shape index (κ1) is 14.5. The van der Waals surface area contributed by atoms with E-state index in [0.717, 1.165) is 4.90 Å². The number of benzene rings is 1. The molecule has 0 aliphatic heterocycles. The van der Waals surface area contributed by atoms with Crippen LogP contribution in [0.25, 0.3) is 0 Å². The maximum absolute atomic E-state index is 7.55. The fourth-order valence-electron chi connectivity index (χ4n) is 1.73. The van der Waals surface area contributed by atoms with Gasteiger partial charge in [0.15, 0.2) is 0 Å². The highest BCUT2D eigenvalue weighted by atomic mass is 32.2. The van der Waals surface area contributed by atoms with Crippen molar-refractivity contribution in [2.24, 2.45) is 5.73 Å². The molecule has 2 rings (SSSR count). The minimum Gasteiger partial charge on any atom is -0.384 e. The number of aromatic nitrogens is 2. The van der Waals surface area contributed by atoms with E-state index in [1.807, 2.05) is 0 Å². The molecule has 5 heteroatoms. The van der Waals surface area contributed by atoms with Crippen LogP contribution in [0.2, 0.25) is 0 Å². The molecular weight excluding hydrogens is 268 g/mol. The van der Waals surface area contributed by atoms with Crippen LogP contribution in [0, 0.1) is 5.41 Å². The lowest BCUT2D eigenvalue weighted by Gasteiger charge is -2.19. The van der Waals surface area contributed by atoms with Crippen LogP contribution in [0.4, 0.5) is 0 Å². The number of amidine groups is 1. The molecule has 1 heterocycles. The van der Waals surface area contributed by atoms with E-state index < -0.39 is 0 Å². The minimum absolute atomic E-state index is 0.00807. The summed E-state index contributed by atoms with van der Waals surface area (Å²) in [7, 11) is 0. The molecule has 0 fully saturated rings. The largest absolute Gasteiger partial charge is 0.384 e. The molecule has 0 radical (unpaired) electrons. The molecule has 2 aromatic rings. The standard InChI is InChI=1S/C15H18N4S/c1-15(2,3)10-4-6-11(7-5-10)20-14-12(13(16)17)8-9-18-19-14/h4-9H,1-3H3,(H3,16,17). The van der Waals surface area contributed by atoms with Crippen LogP contribution in [0.1, 0.15) is 31.9 Å². The van der Waals surface area contributed by atoms with Gasteiger partial charge in [0, 0.05) is 4.90 Å². The molecule has 1 aromatic carbocycles. The topological polar surface area (TPSA) is 75.7 Å². The van der Waals surface area contributed by atoms with Gasteiger partial charge in [0.2, 0.25) is 0 Å². The summed E-state index contributed by atoms with van der Waals surface area (Å²) in [5, 5.41) is 16.1. The number of nitrogens with one attached hydrogen (secondary N) is 1. The molecule has 0 unspecified atom stereocenters. The molecule has 0 bridgehead atoms. The highest BCUT2D eigenvalue weighted by Gasteiger charge is 2.14. The molecular formula is C15H18N4S. The summed E-state index contributed by atoms with van der Waals surface area (Å²) in [4.78, 5) is 1.06. The Labute approximate surface area is 123 Å². The zero-order valence-electron chi connectivity index (χ0n) is 11.8. The van der Waals surface area contributed by atoms with Gasteiger partial charge >= 0.3 is 0 Å². The second-order valence-electron chi connectivity index (χ2n) is 5.54. The molecule has 0 atom stereocenters. The summed E-state index contributed by atoms with van der Waals surface area (Å²) in [6, 6.07) is 10.1. The molecule has 0 aliphatic rings. The Balaban J connectivity index is 2.25. The van der Waals surface area contributed by atoms with Crippen molar-refractivity contribution in [1.82, 2.24) is 10.2 Å². The second kappa shape index (κ2) is 5.63. The van der Waals surface area contributed by atoms with Gasteiger partial charge in [0.25, 0.3) is 0 Å². The SMILES string of the molecule is CC(C)(C)c1ccc(Sc2nnccc2C(=N)N)cc1. The average molecular weight is 286 g/mol. The highest BCUT2D eigenvalue weighted by molar-refractivity contribution is 7.99. The van der Waals surface area contributed by atoms with Crippen LogP contribution in [0.15, 0.2) is 46.5 Å². The van der Waals surface area contributed by atoms with E-state index in [4.69, 9.17) is 11.1 Å². The number of hydrogen-bond donors (Lipinski definition) is 2. The molecule has 1 aromatic heterocycles. The molecule has 20 heavy (non-hydrogen) atoms. The first-order chi connectivity index (χ1) is 9.38. The summed E-state index contributed by atoms with van der Waals surface area (Å²) >= 11 is 1.47. The van der Waals surface area contributed by atoms with Gasteiger partial charge in [-0.05, 0) is 29.2 Å². The van der Waals surface area contributed by atoms with Crippen molar-refractivity contribution < 1.29 is 0 Å². The molecule has 0 aliphatic carbocycles. The van der Waals surface area contributed by atoms with E-state index in [-0.39, 0.29) is 11.3 Å². The Kier molecular flexibility index (Phi) is 4.09. The third-order valence-electron chi connectivity index (χ3n) is 2.91. The molecule has 104 valence electrons. The Morgan fingerprint density at radius 3 is 2.35 bits per heavy atom. The predicted molar refractivity (Wildman–Crippen MR) is 82.3 cm³/mol. The third-order valence-corrected chi connectivity index (χ3v) is 3.91. The van der Waals surface area contributed by atoms with E-state index in [9.17, 15) is 0 Å². The maximum Gasteiger partial charge on any atom is 0.134 e. The Bertz CT molecular complexity index is 615. The molecule has 0 saturated carbocycles. The molecule has 3 N–H and O–H groups in total.